The van der Waals surface area contributed by atoms with E-state index in [9.17, 15) is 9.59 Å². The maximum absolute atomic E-state index is 12.6. The standard InChI is InChI=1S/C19H15BrClN3O2/c20-17(13-2-1-3-15(21)8-13)18(25)14-9-16(23-11-14)19(26)24-10-12-4-6-22-7-5-12/h1-9,11,17,23H,10H2,(H,24,26). The number of nitrogens with zero attached hydrogens (tertiary/aromatic N) is 1. The Hall–Kier alpha value is -2.44. The van der Waals surface area contributed by atoms with Crippen LogP contribution in [0.1, 0.15) is 36.8 Å². The van der Waals surface area contributed by atoms with Crippen LogP contribution in [-0.4, -0.2) is 21.7 Å². The molecule has 5 nitrogen and oxygen atoms in total. The van der Waals surface area contributed by atoms with Crippen molar-refractivity contribution in [2.75, 3.05) is 0 Å². The number of aromatic nitrogens is 2. The second-order valence-electron chi connectivity index (χ2n) is 5.62. The molecule has 1 atom stereocenters. The summed E-state index contributed by atoms with van der Waals surface area (Å²) in [6.07, 6.45) is 4.86. The van der Waals surface area contributed by atoms with Crippen LogP contribution >= 0.6 is 27.5 Å². The fourth-order valence-corrected chi connectivity index (χ4v) is 3.16. The summed E-state index contributed by atoms with van der Waals surface area (Å²) in [7, 11) is 0. The third-order valence-electron chi connectivity index (χ3n) is 3.79. The van der Waals surface area contributed by atoms with Gasteiger partial charge in [0.25, 0.3) is 5.91 Å². The number of Topliss-reactive ketones (excluding diaryl/α,β-unsaturated/α-hetero) is 1. The molecule has 1 aromatic carbocycles. The number of aromatic amines is 1. The third kappa shape index (κ3) is 4.39. The minimum atomic E-state index is -0.537. The zero-order chi connectivity index (χ0) is 18.5. The molecule has 0 spiro atoms. The molecule has 3 rings (SSSR count). The van der Waals surface area contributed by atoms with Crippen LogP contribution in [0.5, 0.6) is 0 Å². The van der Waals surface area contributed by atoms with E-state index in [1.807, 2.05) is 18.2 Å². The van der Waals surface area contributed by atoms with Crippen LogP contribution in [0.2, 0.25) is 5.02 Å². The molecule has 2 N–H and O–H groups in total. The fourth-order valence-electron chi connectivity index (χ4n) is 2.41. The summed E-state index contributed by atoms with van der Waals surface area (Å²) in [5.74, 6) is -0.438. The Balaban J connectivity index is 1.66. The summed E-state index contributed by atoms with van der Waals surface area (Å²) in [6.45, 7) is 0.382. The lowest BCUT2D eigenvalue weighted by Crippen LogP contribution is -2.23. The minimum absolute atomic E-state index is 0.156. The zero-order valence-corrected chi connectivity index (χ0v) is 15.9. The first-order chi connectivity index (χ1) is 12.5. The number of carbonyl (C=O) groups excluding carboxylic acids is 2. The smallest absolute Gasteiger partial charge is 0.267 e. The van der Waals surface area contributed by atoms with Gasteiger partial charge in [-0.25, -0.2) is 0 Å². The number of benzene rings is 1. The maximum Gasteiger partial charge on any atom is 0.267 e. The van der Waals surface area contributed by atoms with Gasteiger partial charge in [-0.15, -0.1) is 0 Å². The van der Waals surface area contributed by atoms with Crippen molar-refractivity contribution in [1.29, 1.82) is 0 Å². The van der Waals surface area contributed by atoms with Crippen molar-refractivity contribution >= 4 is 39.2 Å². The quantitative estimate of drug-likeness (QED) is 0.450. The van der Waals surface area contributed by atoms with Crippen molar-refractivity contribution in [3.8, 4) is 0 Å². The summed E-state index contributed by atoms with van der Waals surface area (Å²) in [4.78, 5) is 31.1. The number of hydrogen-bond donors (Lipinski definition) is 2. The highest BCUT2D eigenvalue weighted by molar-refractivity contribution is 9.09. The lowest BCUT2D eigenvalue weighted by Gasteiger charge is -2.08. The van der Waals surface area contributed by atoms with Gasteiger partial charge in [-0.3, -0.25) is 14.6 Å². The van der Waals surface area contributed by atoms with Crippen molar-refractivity contribution < 1.29 is 9.59 Å². The third-order valence-corrected chi connectivity index (χ3v) is 4.97. The first kappa shape index (κ1) is 18.4. The summed E-state index contributed by atoms with van der Waals surface area (Å²) in [5.41, 5.74) is 2.44. The van der Waals surface area contributed by atoms with Gasteiger partial charge in [-0.05, 0) is 41.5 Å². The number of halogens is 2. The fraction of sp³-hybridized carbons (Fsp3) is 0.105. The van der Waals surface area contributed by atoms with Gasteiger partial charge < -0.3 is 10.3 Å². The molecule has 1 amide bonds. The molecule has 3 aromatic rings. The number of alkyl halides is 1. The van der Waals surface area contributed by atoms with Gasteiger partial charge in [0.05, 0.1) is 0 Å². The van der Waals surface area contributed by atoms with Crippen LogP contribution in [0.4, 0.5) is 0 Å². The highest BCUT2D eigenvalue weighted by Gasteiger charge is 2.21. The molecule has 0 aliphatic carbocycles. The summed E-state index contributed by atoms with van der Waals surface area (Å²) >= 11 is 9.38. The SMILES string of the molecule is O=C(NCc1ccncc1)c1cc(C(=O)C(Br)c2cccc(Cl)c2)c[nH]1. The topological polar surface area (TPSA) is 74.8 Å². The molecule has 2 aromatic heterocycles. The summed E-state index contributed by atoms with van der Waals surface area (Å²) in [5, 5.41) is 3.36. The number of pyridine rings is 1. The number of carbonyl (C=O) groups is 2. The van der Waals surface area contributed by atoms with Crippen LogP contribution in [0.15, 0.2) is 61.1 Å². The maximum atomic E-state index is 12.6. The van der Waals surface area contributed by atoms with Crippen LogP contribution in [0.3, 0.4) is 0 Å². The molecule has 0 saturated carbocycles. The van der Waals surface area contributed by atoms with Gasteiger partial charge in [0.2, 0.25) is 0 Å². The van der Waals surface area contributed by atoms with Crippen LogP contribution < -0.4 is 5.32 Å². The van der Waals surface area contributed by atoms with Gasteiger partial charge in [0.15, 0.2) is 5.78 Å². The highest BCUT2D eigenvalue weighted by Crippen LogP contribution is 2.29. The Kier molecular flexibility index (Phi) is 5.85. The molecule has 0 radical (unpaired) electrons. The molecule has 132 valence electrons. The lowest BCUT2D eigenvalue weighted by molar-refractivity contribution is 0.0946. The van der Waals surface area contributed by atoms with Crippen molar-refractivity contribution in [3.63, 3.8) is 0 Å². The molecule has 1 unspecified atom stereocenters. The van der Waals surface area contributed by atoms with Gasteiger partial charge in [0, 0.05) is 35.7 Å². The molecular weight excluding hydrogens is 418 g/mol. The number of rotatable bonds is 6. The number of nitrogens with one attached hydrogen (secondary N) is 2. The predicted octanol–water partition coefficient (Wildman–Crippen LogP) is 4.31. The van der Waals surface area contributed by atoms with E-state index >= 15 is 0 Å². The number of H-pyrrole nitrogens is 1. The van der Waals surface area contributed by atoms with Crippen molar-refractivity contribution in [2.24, 2.45) is 0 Å². The Labute approximate surface area is 163 Å². The van der Waals surface area contributed by atoms with E-state index in [-0.39, 0.29) is 11.7 Å². The minimum Gasteiger partial charge on any atom is -0.356 e. The largest absolute Gasteiger partial charge is 0.356 e. The molecule has 0 fully saturated rings. The van der Waals surface area contributed by atoms with E-state index in [1.165, 1.54) is 6.20 Å². The van der Waals surface area contributed by atoms with Crippen LogP contribution in [0.25, 0.3) is 0 Å². The normalized spacial score (nSPS) is 11.8. The molecular formula is C19H15BrClN3O2. The van der Waals surface area contributed by atoms with Gasteiger partial charge in [0.1, 0.15) is 10.5 Å². The molecule has 0 saturated heterocycles. The molecule has 0 aliphatic rings. The van der Waals surface area contributed by atoms with E-state index in [2.05, 4.69) is 31.2 Å². The molecule has 2 heterocycles. The van der Waals surface area contributed by atoms with Crippen molar-refractivity contribution in [1.82, 2.24) is 15.3 Å². The van der Waals surface area contributed by atoms with E-state index in [0.717, 1.165) is 11.1 Å². The molecule has 7 heteroatoms. The summed E-state index contributed by atoms with van der Waals surface area (Å²) in [6, 6.07) is 12.3. The second kappa shape index (κ2) is 8.29. The van der Waals surface area contributed by atoms with E-state index < -0.39 is 4.83 Å². The average molecular weight is 433 g/mol. The average Bonchev–Trinajstić information content (AvgIpc) is 3.16. The van der Waals surface area contributed by atoms with Gasteiger partial charge in [-0.1, -0.05) is 39.7 Å². The first-order valence-corrected chi connectivity index (χ1v) is 9.13. The predicted molar refractivity (Wildman–Crippen MR) is 104 cm³/mol. The molecule has 26 heavy (non-hydrogen) atoms. The molecule has 0 bridgehead atoms. The first-order valence-electron chi connectivity index (χ1n) is 7.84. The number of amides is 1. The van der Waals surface area contributed by atoms with Crippen molar-refractivity contribution in [2.45, 2.75) is 11.4 Å². The number of ketones is 1. The Morgan fingerprint density at radius 3 is 2.69 bits per heavy atom. The Morgan fingerprint density at radius 1 is 1.19 bits per heavy atom. The Bertz CT molecular complexity index is 927. The Morgan fingerprint density at radius 2 is 1.96 bits per heavy atom. The lowest BCUT2D eigenvalue weighted by atomic mass is 10.0. The number of hydrogen-bond acceptors (Lipinski definition) is 3. The second-order valence-corrected chi connectivity index (χ2v) is 6.97. The zero-order valence-electron chi connectivity index (χ0n) is 13.6. The highest BCUT2D eigenvalue weighted by atomic mass is 79.9. The van der Waals surface area contributed by atoms with Crippen LogP contribution in [0, 0.1) is 0 Å². The van der Waals surface area contributed by atoms with Crippen LogP contribution in [-0.2, 0) is 6.54 Å². The van der Waals surface area contributed by atoms with Gasteiger partial charge in [-0.2, -0.15) is 0 Å². The summed E-state index contributed by atoms with van der Waals surface area (Å²) < 4.78 is 0. The molecule has 0 aliphatic heterocycles. The van der Waals surface area contributed by atoms with E-state index in [1.54, 1.807) is 36.7 Å². The monoisotopic (exact) mass is 431 g/mol. The van der Waals surface area contributed by atoms with Crippen molar-refractivity contribution in [3.05, 3.63) is 88.5 Å². The van der Waals surface area contributed by atoms with E-state index in [0.29, 0.717) is 22.8 Å². The van der Waals surface area contributed by atoms with Gasteiger partial charge >= 0.3 is 0 Å². The van der Waals surface area contributed by atoms with E-state index in [4.69, 9.17) is 11.6 Å².